The molecule has 0 radical (unpaired) electrons. The van der Waals surface area contributed by atoms with Gasteiger partial charge < -0.3 is 10.1 Å². The third kappa shape index (κ3) is 5.14. The average Bonchev–Trinajstić information content (AvgIpc) is 3.18. The fourth-order valence-electron chi connectivity index (χ4n) is 4.03. The molecule has 2 aromatic carbocycles. The van der Waals surface area contributed by atoms with E-state index in [0.29, 0.717) is 6.54 Å². The Morgan fingerprint density at radius 2 is 1.83 bits per heavy atom. The number of halogens is 1. The lowest BCUT2D eigenvalue weighted by Crippen LogP contribution is -2.49. The van der Waals surface area contributed by atoms with Gasteiger partial charge in [-0.15, -0.1) is 0 Å². The molecule has 2 heterocycles. The quantitative estimate of drug-likeness (QED) is 0.814. The van der Waals surface area contributed by atoms with Crippen LogP contribution < -0.4 is 10.1 Å². The number of hydrogen-bond acceptors (Lipinski definition) is 4. The van der Waals surface area contributed by atoms with E-state index in [9.17, 15) is 9.18 Å². The number of nitrogens with one attached hydrogen (secondary N) is 1. The summed E-state index contributed by atoms with van der Waals surface area (Å²) in [7, 11) is 0. The Bertz CT molecular complexity index is 848. The molecule has 29 heavy (non-hydrogen) atoms. The van der Waals surface area contributed by atoms with Crippen molar-refractivity contribution >= 4 is 5.91 Å². The maximum absolute atomic E-state index is 13.0. The van der Waals surface area contributed by atoms with Crippen LogP contribution in [0.25, 0.3) is 0 Å². The highest BCUT2D eigenvalue weighted by Gasteiger charge is 2.21. The molecule has 4 rings (SSSR count). The van der Waals surface area contributed by atoms with Crippen molar-refractivity contribution in [2.75, 3.05) is 39.3 Å². The first kappa shape index (κ1) is 19.9. The van der Waals surface area contributed by atoms with Crippen LogP contribution in [0.5, 0.6) is 5.75 Å². The monoisotopic (exact) mass is 397 g/mol. The summed E-state index contributed by atoms with van der Waals surface area (Å²) in [6, 6.07) is 12.6. The summed E-state index contributed by atoms with van der Waals surface area (Å²) in [5.41, 5.74) is 3.55. The van der Waals surface area contributed by atoms with Crippen molar-refractivity contribution < 1.29 is 13.9 Å². The Kier molecular flexibility index (Phi) is 6.11. The van der Waals surface area contributed by atoms with Crippen LogP contribution in [0.3, 0.4) is 0 Å². The Morgan fingerprint density at radius 3 is 2.59 bits per heavy atom. The van der Waals surface area contributed by atoms with Crippen LogP contribution in [0, 0.1) is 5.82 Å². The van der Waals surface area contributed by atoms with Gasteiger partial charge in [0.05, 0.1) is 19.2 Å². The normalized spacial score (nSPS) is 18.1. The van der Waals surface area contributed by atoms with Gasteiger partial charge in [-0.2, -0.15) is 0 Å². The smallest absolute Gasteiger partial charge is 0.234 e. The van der Waals surface area contributed by atoms with Gasteiger partial charge in [0.25, 0.3) is 0 Å². The summed E-state index contributed by atoms with van der Waals surface area (Å²) in [5, 5.41) is 3.01. The van der Waals surface area contributed by atoms with Gasteiger partial charge in [-0.25, -0.2) is 4.39 Å². The van der Waals surface area contributed by atoms with E-state index < -0.39 is 0 Å². The van der Waals surface area contributed by atoms with Gasteiger partial charge in [0.15, 0.2) is 0 Å². The SMILES string of the molecule is CC(NC(=O)CN1CCN(Cc2ccc3c(c2)CCO3)CC1)c1ccc(F)cc1. The lowest BCUT2D eigenvalue weighted by atomic mass is 10.1. The molecule has 0 aliphatic carbocycles. The zero-order chi connectivity index (χ0) is 20.2. The van der Waals surface area contributed by atoms with E-state index in [2.05, 4.69) is 33.3 Å². The molecule has 2 aliphatic rings. The molecule has 5 nitrogen and oxygen atoms in total. The predicted octanol–water partition coefficient (Wildman–Crippen LogP) is 2.76. The first-order chi connectivity index (χ1) is 14.1. The van der Waals surface area contributed by atoms with Crippen molar-refractivity contribution in [3.8, 4) is 5.75 Å². The molecular formula is C23H28FN3O2. The molecule has 1 amide bonds. The minimum atomic E-state index is -0.265. The van der Waals surface area contributed by atoms with Gasteiger partial charge in [-0.05, 0) is 41.8 Å². The summed E-state index contributed by atoms with van der Waals surface area (Å²) in [5.74, 6) is 0.770. The van der Waals surface area contributed by atoms with Crippen LogP contribution in [0.15, 0.2) is 42.5 Å². The number of carbonyl (C=O) groups excluding carboxylic acids is 1. The summed E-state index contributed by atoms with van der Waals surface area (Å²) >= 11 is 0. The summed E-state index contributed by atoms with van der Waals surface area (Å²) in [6.07, 6.45) is 1.00. The fraction of sp³-hybridized carbons (Fsp3) is 0.435. The number of hydrogen-bond donors (Lipinski definition) is 1. The number of nitrogens with zero attached hydrogens (tertiary/aromatic N) is 2. The van der Waals surface area contributed by atoms with Crippen LogP contribution in [0.4, 0.5) is 4.39 Å². The molecule has 154 valence electrons. The summed E-state index contributed by atoms with van der Waals surface area (Å²) < 4.78 is 18.6. The Hall–Kier alpha value is -2.44. The van der Waals surface area contributed by atoms with Crippen molar-refractivity contribution in [3.63, 3.8) is 0 Å². The van der Waals surface area contributed by atoms with Crippen molar-refractivity contribution in [3.05, 3.63) is 65.0 Å². The standard InChI is InChI=1S/C23H28FN3O2/c1-17(19-3-5-21(24)6-4-19)25-23(28)16-27-11-9-26(10-12-27)15-18-2-7-22-20(14-18)8-13-29-22/h2-7,14,17H,8-13,15-16H2,1H3,(H,25,28). The molecule has 0 bridgehead atoms. The highest BCUT2D eigenvalue weighted by atomic mass is 19.1. The van der Waals surface area contributed by atoms with Crippen molar-refractivity contribution in [1.82, 2.24) is 15.1 Å². The van der Waals surface area contributed by atoms with Gasteiger partial charge in [0.1, 0.15) is 11.6 Å². The van der Waals surface area contributed by atoms with E-state index in [1.165, 1.54) is 23.3 Å². The van der Waals surface area contributed by atoms with Crippen molar-refractivity contribution in [1.29, 1.82) is 0 Å². The molecule has 1 N–H and O–H groups in total. The first-order valence-electron chi connectivity index (χ1n) is 10.3. The molecule has 0 aromatic heterocycles. The molecule has 1 unspecified atom stereocenters. The zero-order valence-corrected chi connectivity index (χ0v) is 16.9. The molecule has 0 spiro atoms. The molecule has 1 atom stereocenters. The molecule has 2 aliphatic heterocycles. The lowest BCUT2D eigenvalue weighted by Gasteiger charge is -2.34. The van der Waals surface area contributed by atoms with Crippen LogP contribution in [0.2, 0.25) is 0 Å². The van der Waals surface area contributed by atoms with Crippen LogP contribution >= 0.6 is 0 Å². The molecular weight excluding hydrogens is 369 g/mol. The Balaban J connectivity index is 1.21. The maximum atomic E-state index is 13.0. The molecule has 6 heteroatoms. The number of piperazine rings is 1. The van der Waals surface area contributed by atoms with E-state index in [4.69, 9.17) is 4.74 Å². The molecule has 1 saturated heterocycles. The average molecular weight is 397 g/mol. The van der Waals surface area contributed by atoms with Crippen LogP contribution in [-0.2, 0) is 17.8 Å². The number of fused-ring (bicyclic) bond motifs is 1. The van der Waals surface area contributed by atoms with Gasteiger partial charge in [-0.3, -0.25) is 14.6 Å². The molecule has 1 fully saturated rings. The first-order valence-corrected chi connectivity index (χ1v) is 10.3. The van der Waals surface area contributed by atoms with E-state index >= 15 is 0 Å². The van der Waals surface area contributed by atoms with Gasteiger partial charge in [0.2, 0.25) is 5.91 Å². The topological polar surface area (TPSA) is 44.8 Å². The van der Waals surface area contributed by atoms with E-state index in [1.54, 1.807) is 12.1 Å². The number of benzene rings is 2. The second-order valence-electron chi connectivity index (χ2n) is 7.93. The van der Waals surface area contributed by atoms with Crippen molar-refractivity contribution in [2.45, 2.75) is 25.9 Å². The molecule has 0 saturated carbocycles. The highest BCUT2D eigenvalue weighted by Crippen LogP contribution is 2.26. The minimum Gasteiger partial charge on any atom is -0.493 e. The van der Waals surface area contributed by atoms with Crippen LogP contribution in [-0.4, -0.2) is 55.0 Å². The third-order valence-electron chi connectivity index (χ3n) is 5.74. The Labute approximate surface area is 171 Å². The van der Waals surface area contributed by atoms with Crippen LogP contribution in [0.1, 0.15) is 29.7 Å². The zero-order valence-electron chi connectivity index (χ0n) is 16.9. The second-order valence-corrected chi connectivity index (χ2v) is 7.93. The van der Waals surface area contributed by atoms with E-state index in [0.717, 1.165) is 57.1 Å². The second kappa shape index (κ2) is 8.93. The lowest BCUT2D eigenvalue weighted by molar-refractivity contribution is -0.123. The maximum Gasteiger partial charge on any atom is 0.234 e. The minimum absolute atomic E-state index is 0.00824. The van der Waals surface area contributed by atoms with E-state index in [-0.39, 0.29) is 17.8 Å². The van der Waals surface area contributed by atoms with Gasteiger partial charge in [-0.1, -0.05) is 24.3 Å². The van der Waals surface area contributed by atoms with Crippen molar-refractivity contribution in [2.24, 2.45) is 0 Å². The fourth-order valence-corrected chi connectivity index (χ4v) is 4.03. The largest absolute Gasteiger partial charge is 0.493 e. The predicted molar refractivity (Wildman–Crippen MR) is 110 cm³/mol. The van der Waals surface area contributed by atoms with Gasteiger partial charge >= 0.3 is 0 Å². The summed E-state index contributed by atoms with van der Waals surface area (Å²) in [4.78, 5) is 17.0. The van der Waals surface area contributed by atoms with E-state index in [1.807, 2.05) is 6.92 Å². The number of ether oxygens (including phenoxy) is 1. The number of rotatable bonds is 6. The molecule has 2 aromatic rings. The number of carbonyl (C=O) groups is 1. The summed E-state index contributed by atoms with van der Waals surface area (Å²) in [6.45, 7) is 7.72. The highest BCUT2D eigenvalue weighted by molar-refractivity contribution is 5.78. The Morgan fingerprint density at radius 1 is 1.10 bits per heavy atom. The third-order valence-corrected chi connectivity index (χ3v) is 5.74. The number of amides is 1. The van der Waals surface area contributed by atoms with Gasteiger partial charge in [0, 0.05) is 39.1 Å².